The second-order valence-electron chi connectivity index (χ2n) is 4.23. The molecule has 0 saturated heterocycles. The fourth-order valence-corrected chi connectivity index (χ4v) is 1.87. The summed E-state index contributed by atoms with van der Waals surface area (Å²) in [6, 6.07) is 0. The van der Waals surface area contributed by atoms with Crippen molar-refractivity contribution < 1.29 is 4.79 Å². The van der Waals surface area contributed by atoms with Crippen LogP contribution in [0, 0.1) is 6.92 Å². The van der Waals surface area contributed by atoms with Crippen LogP contribution in [0.4, 0.5) is 0 Å². The van der Waals surface area contributed by atoms with Crippen molar-refractivity contribution in [3.8, 4) is 0 Å². The predicted molar refractivity (Wildman–Crippen MR) is 57.8 cm³/mol. The lowest BCUT2D eigenvalue weighted by Crippen LogP contribution is -2.34. The van der Waals surface area contributed by atoms with Gasteiger partial charge in [-0.15, -0.1) is 0 Å². The Morgan fingerprint density at radius 2 is 2.27 bits per heavy atom. The maximum Gasteiger partial charge on any atom is 0.157 e. The first-order chi connectivity index (χ1) is 6.94. The number of carbonyl (C=O) groups is 1. The van der Waals surface area contributed by atoms with Crippen LogP contribution in [0.2, 0.25) is 5.15 Å². The minimum Gasteiger partial charge on any atom is -0.319 e. The van der Waals surface area contributed by atoms with Crippen LogP contribution in [0.5, 0.6) is 0 Å². The lowest BCUT2D eigenvalue weighted by Gasteiger charge is -2.06. The van der Waals surface area contributed by atoms with E-state index in [0.29, 0.717) is 11.6 Å². The van der Waals surface area contributed by atoms with E-state index in [-0.39, 0.29) is 5.78 Å². The zero-order chi connectivity index (χ0) is 11.2. The largest absolute Gasteiger partial charge is 0.319 e. The van der Waals surface area contributed by atoms with Gasteiger partial charge in [-0.1, -0.05) is 11.6 Å². The number of rotatable bonds is 3. The first kappa shape index (κ1) is 10.6. The molecule has 2 N–H and O–H groups in total. The molecule has 0 amide bonds. The predicted octanol–water partition coefficient (Wildman–Crippen LogP) is 0.985. The number of nitrogens with two attached hydrogens (primary N) is 1. The average Bonchev–Trinajstić information content (AvgIpc) is 2.87. The summed E-state index contributed by atoms with van der Waals surface area (Å²) in [4.78, 5) is 11.8. The van der Waals surface area contributed by atoms with Crippen LogP contribution in [0.3, 0.4) is 0 Å². The van der Waals surface area contributed by atoms with Gasteiger partial charge in [0.15, 0.2) is 5.78 Å². The topological polar surface area (TPSA) is 60.9 Å². The zero-order valence-corrected chi connectivity index (χ0v) is 9.64. The van der Waals surface area contributed by atoms with Crippen molar-refractivity contribution in [3.63, 3.8) is 0 Å². The highest BCUT2D eigenvalue weighted by atomic mass is 35.5. The average molecular weight is 228 g/mol. The molecule has 0 spiro atoms. The number of aromatic nitrogens is 2. The third kappa shape index (κ3) is 1.79. The van der Waals surface area contributed by atoms with Crippen LogP contribution in [0.1, 0.15) is 24.1 Å². The number of halogens is 1. The highest BCUT2D eigenvalue weighted by molar-refractivity contribution is 6.30. The van der Waals surface area contributed by atoms with E-state index in [1.54, 1.807) is 11.7 Å². The van der Waals surface area contributed by atoms with E-state index in [2.05, 4.69) is 5.10 Å². The van der Waals surface area contributed by atoms with Crippen LogP contribution in [-0.2, 0) is 18.3 Å². The fraction of sp³-hybridized carbons (Fsp3) is 0.600. The summed E-state index contributed by atoms with van der Waals surface area (Å²) in [5, 5.41) is 4.69. The Morgan fingerprint density at radius 3 is 2.67 bits per heavy atom. The van der Waals surface area contributed by atoms with Crippen molar-refractivity contribution in [2.75, 3.05) is 0 Å². The van der Waals surface area contributed by atoms with Crippen molar-refractivity contribution in [3.05, 3.63) is 16.4 Å². The summed E-state index contributed by atoms with van der Waals surface area (Å²) in [5.74, 6) is 0.0699. The molecule has 0 atom stereocenters. The van der Waals surface area contributed by atoms with E-state index in [0.717, 1.165) is 24.1 Å². The quantitative estimate of drug-likeness (QED) is 0.838. The van der Waals surface area contributed by atoms with Crippen LogP contribution < -0.4 is 5.73 Å². The first-order valence-electron chi connectivity index (χ1n) is 4.94. The molecule has 0 bridgehead atoms. The van der Waals surface area contributed by atoms with Gasteiger partial charge in [0.2, 0.25) is 0 Å². The number of Topliss-reactive ketones (excluding diaryl/α,β-unsaturated/α-hetero) is 1. The summed E-state index contributed by atoms with van der Waals surface area (Å²) in [6.45, 7) is 1.85. The van der Waals surface area contributed by atoms with Crippen LogP contribution in [0.25, 0.3) is 0 Å². The highest BCUT2D eigenvalue weighted by Gasteiger charge is 2.45. The number of hydrogen-bond donors (Lipinski definition) is 1. The Bertz CT molecular complexity index is 421. The molecule has 4 nitrogen and oxygen atoms in total. The van der Waals surface area contributed by atoms with Gasteiger partial charge in [-0.3, -0.25) is 9.48 Å². The molecule has 5 heteroatoms. The smallest absolute Gasteiger partial charge is 0.157 e. The SMILES string of the molecule is Cc1nn(C)c(Cl)c1CC(=O)C1(N)CC1. The minimum absolute atomic E-state index is 0.0699. The number of ketones is 1. The second kappa shape index (κ2) is 3.32. The standard InChI is InChI=1S/C10H14ClN3O/c1-6-7(9(11)14(2)13-6)5-8(15)10(12)3-4-10/h3-5,12H2,1-2H3. The lowest BCUT2D eigenvalue weighted by atomic mass is 10.0. The normalized spacial score (nSPS) is 17.9. The van der Waals surface area contributed by atoms with Crippen molar-refractivity contribution in [1.29, 1.82) is 0 Å². The molecule has 0 aromatic carbocycles. The Kier molecular flexibility index (Phi) is 2.35. The minimum atomic E-state index is -0.578. The molecule has 1 saturated carbocycles. The lowest BCUT2D eigenvalue weighted by molar-refractivity contribution is -0.120. The molecule has 2 rings (SSSR count). The summed E-state index contributed by atoms with van der Waals surface area (Å²) >= 11 is 6.04. The zero-order valence-electron chi connectivity index (χ0n) is 8.88. The van der Waals surface area contributed by atoms with Crippen LogP contribution >= 0.6 is 11.6 Å². The van der Waals surface area contributed by atoms with E-state index < -0.39 is 5.54 Å². The molecule has 1 aromatic rings. The molecule has 0 aliphatic heterocycles. The summed E-state index contributed by atoms with van der Waals surface area (Å²) < 4.78 is 1.58. The molecule has 1 heterocycles. The van der Waals surface area contributed by atoms with Crippen molar-refractivity contribution in [2.45, 2.75) is 31.7 Å². The molecule has 0 radical (unpaired) electrons. The van der Waals surface area contributed by atoms with Crippen molar-refractivity contribution >= 4 is 17.4 Å². The van der Waals surface area contributed by atoms with Gasteiger partial charge in [0.1, 0.15) is 5.15 Å². The third-order valence-electron chi connectivity index (χ3n) is 2.95. The second-order valence-corrected chi connectivity index (χ2v) is 4.59. The Balaban J connectivity index is 2.20. The molecule has 1 aliphatic rings. The molecule has 1 aliphatic carbocycles. The van der Waals surface area contributed by atoms with Crippen LogP contribution in [0.15, 0.2) is 0 Å². The van der Waals surface area contributed by atoms with Gasteiger partial charge in [-0.2, -0.15) is 5.10 Å². The van der Waals surface area contributed by atoms with Gasteiger partial charge < -0.3 is 5.73 Å². The number of nitrogens with zero attached hydrogens (tertiary/aromatic N) is 2. The Labute approximate surface area is 93.4 Å². The third-order valence-corrected chi connectivity index (χ3v) is 3.42. The van der Waals surface area contributed by atoms with E-state index in [1.807, 2.05) is 6.92 Å². The Morgan fingerprint density at radius 1 is 1.67 bits per heavy atom. The molecule has 15 heavy (non-hydrogen) atoms. The molecule has 1 fully saturated rings. The van der Waals surface area contributed by atoms with Gasteiger partial charge >= 0.3 is 0 Å². The van der Waals surface area contributed by atoms with Gasteiger partial charge in [0.05, 0.1) is 11.2 Å². The van der Waals surface area contributed by atoms with E-state index in [4.69, 9.17) is 17.3 Å². The van der Waals surface area contributed by atoms with Gasteiger partial charge in [-0.25, -0.2) is 0 Å². The van der Waals surface area contributed by atoms with E-state index in [1.165, 1.54) is 0 Å². The number of carbonyl (C=O) groups excluding carboxylic acids is 1. The highest BCUT2D eigenvalue weighted by Crippen LogP contribution is 2.35. The fourth-order valence-electron chi connectivity index (χ4n) is 1.62. The van der Waals surface area contributed by atoms with E-state index in [9.17, 15) is 4.79 Å². The summed E-state index contributed by atoms with van der Waals surface area (Å²) in [6.07, 6.45) is 1.89. The molecular weight excluding hydrogens is 214 g/mol. The van der Waals surface area contributed by atoms with Crippen molar-refractivity contribution in [1.82, 2.24) is 9.78 Å². The summed E-state index contributed by atoms with van der Waals surface area (Å²) in [7, 11) is 1.76. The number of hydrogen-bond acceptors (Lipinski definition) is 3. The molecule has 0 unspecified atom stereocenters. The van der Waals surface area contributed by atoms with Crippen molar-refractivity contribution in [2.24, 2.45) is 12.8 Å². The summed E-state index contributed by atoms with van der Waals surface area (Å²) in [5.41, 5.74) is 6.86. The van der Waals surface area contributed by atoms with Gasteiger partial charge in [0, 0.05) is 19.0 Å². The van der Waals surface area contributed by atoms with Crippen LogP contribution in [-0.4, -0.2) is 21.1 Å². The molecule has 1 aromatic heterocycles. The number of aryl methyl sites for hydroxylation is 2. The van der Waals surface area contributed by atoms with E-state index >= 15 is 0 Å². The molecular formula is C10H14ClN3O. The monoisotopic (exact) mass is 227 g/mol. The maximum atomic E-state index is 11.8. The van der Waals surface area contributed by atoms with Gasteiger partial charge in [-0.05, 0) is 19.8 Å². The van der Waals surface area contributed by atoms with Gasteiger partial charge in [0.25, 0.3) is 0 Å². The molecule has 82 valence electrons. The Hall–Kier alpha value is -0.870. The maximum absolute atomic E-state index is 11.8. The first-order valence-corrected chi connectivity index (χ1v) is 5.32.